The molecule has 0 bridgehead atoms. The van der Waals surface area contributed by atoms with Crippen molar-refractivity contribution in [3.8, 4) is 0 Å². The van der Waals surface area contributed by atoms with E-state index in [0.29, 0.717) is 12.3 Å². The minimum absolute atomic E-state index is 0.0700. The van der Waals surface area contributed by atoms with Crippen molar-refractivity contribution in [2.24, 2.45) is 0 Å². The predicted molar refractivity (Wildman–Crippen MR) is 95.6 cm³/mol. The second-order valence-corrected chi connectivity index (χ2v) is 7.02. The summed E-state index contributed by atoms with van der Waals surface area (Å²) in [4.78, 5) is 15.9. The third-order valence-electron chi connectivity index (χ3n) is 2.73. The Morgan fingerprint density at radius 2 is 2.00 bits per heavy atom. The molecule has 1 aromatic heterocycles. The Morgan fingerprint density at radius 1 is 1.18 bits per heavy atom. The molecule has 0 aliphatic rings. The van der Waals surface area contributed by atoms with Crippen LogP contribution in [0, 0.1) is 0 Å². The highest BCUT2D eigenvalue weighted by molar-refractivity contribution is 7.99. The number of halogens is 1. The second kappa shape index (κ2) is 9.77. The first-order valence-corrected chi connectivity index (χ1v) is 9.38. The summed E-state index contributed by atoms with van der Waals surface area (Å²) in [5, 5.41) is 4.63. The van der Waals surface area contributed by atoms with E-state index in [9.17, 15) is 4.79 Å². The number of amides is 1. The number of nitrogens with zero attached hydrogens (tertiary/aromatic N) is 1. The predicted octanol–water partition coefficient (Wildman–Crippen LogP) is 3.88. The third kappa shape index (κ3) is 6.73. The van der Waals surface area contributed by atoms with E-state index in [-0.39, 0.29) is 5.91 Å². The van der Waals surface area contributed by atoms with Crippen LogP contribution in [0.15, 0.2) is 53.7 Å². The van der Waals surface area contributed by atoms with E-state index in [4.69, 9.17) is 11.6 Å². The lowest BCUT2D eigenvalue weighted by Crippen LogP contribution is -2.27. The molecule has 116 valence electrons. The molecule has 0 spiro atoms. The molecule has 0 fully saturated rings. The van der Waals surface area contributed by atoms with E-state index in [1.54, 1.807) is 29.7 Å². The maximum atomic E-state index is 11.7. The van der Waals surface area contributed by atoms with Gasteiger partial charge in [0.15, 0.2) is 0 Å². The van der Waals surface area contributed by atoms with Gasteiger partial charge in [-0.1, -0.05) is 29.8 Å². The van der Waals surface area contributed by atoms with Crippen LogP contribution in [0.2, 0.25) is 5.02 Å². The number of thioether (sulfide) groups is 2. The van der Waals surface area contributed by atoms with E-state index in [1.807, 2.05) is 42.5 Å². The van der Waals surface area contributed by atoms with Crippen LogP contribution in [0.5, 0.6) is 0 Å². The molecular formula is C16H17ClN2OS2. The van der Waals surface area contributed by atoms with Gasteiger partial charge in [0.2, 0.25) is 5.91 Å². The first-order valence-electron chi connectivity index (χ1n) is 6.87. The number of carbonyl (C=O) groups is 1. The van der Waals surface area contributed by atoms with E-state index in [1.165, 1.54) is 5.56 Å². The van der Waals surface area contributed by atoms with Gasteiger partial charge in [-0.05, 0) is 29.8 Å². The fourth-order valence-electron chi connectivity index (χ4n) is 1.67. The summed E-state index contributed by atoms with van der Waals surface area (Å²) in [7, 11) is 0. The molecule has 2 rings (SSSR count). The number of hydrogen-bond donors (Lipinski definition) is 1. The van der Waals surface area contributed by atoms with E-state index >= 15 is 0 Å². The molecular weight excluding hydrogens is 336 g/mol. The van der Waals surface area contributed by atoms with Gasteiger partial charge < -0.3 is 5.32 Å². The molecule has 1 heterocycles. The summed E-state index contributed by atoms with van der Waals surface area (Å²) in [6, 6.07) is 13.5. The zero-order valence-corrected chi connectivity index (χ0v) is 14.4. The van der Waals surface area contributed by atoms with Gasteiger partial charge in [-0.3, -0.25) is 4.79 Å². The molecule has 1 N–H and O–H groups in total. The van der Waals surface area contributed by atoms with Crippen molar-refractivity contribution in [3.05, 3.63) is 59.2 Å². The maximum Gasteiger partial charge on any atom is 0.230 e. The van der Waals surface area contributed by atoms with Crippen LogP contribution in [0.3, 0.4) is 0 Å². The number of carbonyl (C=O) groups excluding carboxylic acids is 1. The molecule has 2 aromatic rings. The minimum Gasteiger partial charge on any atom is -0.355 e. The molecule has 0 atom stereocenters. The van der Waals surface area contributed by atoms with E-state index in [0.717, 1.165) is 21.6 Å². The number of hydrogen-bond acceptors (Lipinski definition) is 4. The van der Waals surface area contributed by atoms with Crippen LogP contribution in [0.25, 0.3) is 0 Å². The topological polar surface area (TPSA) is 42.0 Å². The Labute approximate surface area is 144 Å². The molecule has 0 aliphatic heterocycles. The number of rotatable bonds is 8. The molecule has 3 nitrogen and oxygen atoms in total. The molecule has 0 saturated heterocycles. The smallest absolute Gasteiger partial charge is 0.230 e. The van der Waals surface area contributed by atoms with Gasteiger partial charge in [-0.2, -0.15) is 0 Å². The maximum absolute atomic E-state index is 11.7. The Hall–Kier alpha value is -1.17. The highest BCUT2D eigenvalue weighted by atomic mass is 35.5. The van der Waals surface area contributed by atoms with Gasteiger partial charge in [0.05, 0.1) is 10.8 Å². The summed E-state index contributed by atoms with van der Waals surface area (Å²) in [6.45, 7) is 0.654. The van der Waals surface area contributed by atoms with Crippen LogP contribution in [0.4, 0.5) is 0 Å². The van der Waals surface area contributed by atoms with Gasteiger partial charge in [0.1, 0.15) is 0 Å². The molecule has 1 aromatic carbocycles. The Balaban J connectivity index is 1.55. The Morgan fingerprint density at radius 3 is 2.73 bits per heavy atom. The summed E-state index contributed by atoms with van der Waals surface area (Å²) >= 11 is 9.07. The molecule has 1 amide bonds. The van der Waals surface area contributed by atoms with Gasteiger partial charge in [0, 0.05) is 29.3 Å². The number of nitrogens with one attached hydrogen (secondary N) is 1. The Kier molecular flexibility index (Phi) is 7.63. The van der Waals surface area contributed by atoms with Crippen LogP contribution in [-0.4, -0.2) is 28.9 Å². The summed E-state index contributed by atoms with van der Waals surface area (Å²) in [5.41, 5.74) is 1.17. The summed E-state index contributed by atoms with van der Waals surface area (Å²) < 4.78 is 0. The zero-order valence-electron chi connectivity index (χ0n) is 12.0. The molecule has 0 saturated carbocycles. The molecule has 0 radical (unpaired) electrons. The first kappa shape index (κ1) is 17.2. The van der Waals surface area contributed by atoms with Crippen molar-refractivity contribution in [3.63, 3.8) is 0 Å². The molecule has 6 heteroatoms. The largest absolute Gasteiger partial charge is 0.355 e. The van der Waals surface area contributed by atoms with Crippen molar-refractivity contribution < 1.29 is 4.79 Å². The van der Waals surface area contributed by atoms with Crippen LogP contribution in [0.1, 0.15) is 5.56 Å². The standard InChI is InChI=1S/C16H17ClN2OS2/c17-14-6-4-13(5-7-14)11-21-12-15(20)18-9-10-22-16-3-1-2-8-19-16/h1-8H,9-12H2,(H,18,20). The summed E-state index contributed by atoms with van der Waals surface area (Å²) in [5.74, 6) is 2.18. The third-order valence-corrected chi connectivity index (χ3v) is 4.93. The average Bonchev–Trinajstić information content (AvgIpc) is 2.54. The lowest BCUT2D eigenvalue weighted by molar-refractivity contribution is -0.118. The average molecular weight is 353 g/mol. The van der Waals surface area contributed by atoms with Gasteiger partial charge >= 0.3 is 0 Å². The normalized spacial score (nSPS) is 10.4. The van der Waals surface area contributed by atoms with Gasteiger partial charge in [-0.25, -0.2) is 4.98 Å². The number of benzene rings is 1. The SMILES string of the molecule is O=C(CSCc1ccc(Cl)cc1)NCCSc1ccccn1. The molecule has 0 unspecified atom stereocenters. The first-order chi connectivity index (χ1) is 10.7. The Bertz CT molecular complexity index is 578. The number of pyridine rings is 1. The molecule has 0 aliphatic carbocycles. The van der Waals surface area contributed by atoms with Crippen LogP contribution >= 0.6 is 35.1 Å². The highest BCUT2D eigenvalue weighted by Gasteiger charge is 2.02. The summed E-state index contributed by atoms with van der Waals surface area (Å²) in [6.07, 6.45) is 1.77. The van der Waals surface area contributed by atoms with E-state index < -0.39 is 0 Å². The van der Waals surface area contributed by atoms with Crippen LogP contribution in [-0.2, 0) is 10.5 Å². The van der Waals surface area contributed by atoms with Crippen molar-refractivity contribution in [1.82, 2.24) is 10.3 Å². The highest BCUT2D eigenvalue weighted by Crippen LogP contribution is 2.15. The van der Waals surface area contributed by atoms with Crippen molar-refractivity contribution in [1.29, 1.82) is 0 Å². The van der Waals surface area contributed by atoms with Gasteiger partial charge in [0.25, 0.3) is 0 Å². The molecule has 22 heavy (non-hydrogen) atoms. The van der Waals surface area contributed by atoms with Gasteiger partial charge in [-0.15, -0.1) is 23.5 Å². The van der Waals surface area contributed by atoms with Crippen molar-refractivity contribution in [2.75, 3.05) is 18.1 Å². The van der Waals surface area contributed by atoms with Crippen molar-refractivity contribution in [2.45, 2.75) is 10.8 Å². The lowest BCUT2D eigenvalue weighted by atomic mass is 10.2. The van der Waals surface area contributed by atoms with E-state index in [2.05, 4.69) is 10.3 Å². The monoisotopic (exact) mass is 352 g/mol. The fraction of sp³-hybridized carbons (Fsp3) is 0.250. The zero-order chi connectivity index (χ0) is 15.6. The number of aromatic nitrogens is 1. The fourth-order valence-corrected chi connectivity index (χ4v) is 3.34. The second-order valence-electron chi connectivity index (χ2n) is 4.49. The van der Waals surface area contributed by atoms with Crippen LogP contribution < -0.4 is 5.32 Å². The quantitative estimate of drug-likeness (QED) is 0.578. The lowest BCUT2D eigenvalue weighted by Gasteiger charge is -2.05. The minimum atomic E-state index is 0.0700. The van der Waals surface area contributed by atoms with Crippen molar-refractivity contribution >= 4 is 41.0 Å².